The third-order valence-corrected chi connectivity index (χ3v) is 13.6. The first kappa shape index (κ1) is 17.0. The molecule has 4 atom stereocenters. The Bertz CT molecular complexity index is 231. The van der Waals surface area contributed by atoms with Gasteiger partial charge in [-0.15, -0.1) is 0 Å². The van der Waals surface area contributed by atoms with Crippen LogP contribution in [0.4, 0.5) is 0 Å². The Hall–Kier alpha value is 0.979. The van der Waals surface area contributed by atoms with E-state index >= 15 is 0 Å². The van der Waals surface area contributed by atoms with E-state index in [0.717, 1.165) is 12.8 Å². The summed E-state index contributed by atoms with van der Waals surface area (Å²) in [5.74, 6) is 0. The van der Waals surface area contributed by atoms with Gasteiger partial charge in [0.05, 0.1) is 0 Å². The van der Waals surface area contributed by atoms with Gasteiger partial charge in [0.15, 0.2) is 0 Å². The molecule has 18 heavy (non-hydrogen) atoms. The van der Waals surface area contributed by atoms with Crippen molar-refractivity contribution >= 4 is 31.2 Å². The van der Waals surface area contributed by atoms with Crippen LogP contribution in [0.2, 0.25) is 9.63 Å². The van der Waals surface area contributed by atoms with Gasteiger partial charge in [-0.05, 0) is 0 Å². The van der Waals surface area contributed by atoms with Crippen molar-refractivity contribution in [1.29, 1.82) is 0 Å². The van der Waals surface area contributed by atoms with Crippen molar-refractivity contribution in [3.63, 3.8) is 0 Å². The molecule has 1 aliphatic rings. The van der Waals surface area contributed by atoms with Crippen LogP contribution in [-0.4, -0.2) is 36.8 Å². The van der Waals surface area contributed by atoms with E-state index in [1.165, 1.54) is 0 Å². The Kier molecular flexibility index (Phi) is 7.27. The van der Waals surface area contributed by atoms with Gasteiger partial charge < -0.3 is 0 Å². The number of ether oxygens (including phenoxy) is 3. The molecule has 0 bridgehead atoms. The van der Waals surface area contributed by atoms with Gasteiger partial charge in [0.1, 0.15) is 0 Å². The predicted molar refractivity (Wildman–Crippen MR) is 77.5 cm³/mol. The average molecular weight is 366 g/mol. The number of halogens is 2. The second-order valence-electron chi connectivity index (χ2n) is 4.23. The molecule has 4 unspecified atom stereocenters. The molecule has 0 aromatic carbocycles. The first-order valence-electron chi connectivity index (χ1n) is 6.61. The van der Waals surface area contributed by atoms with Gasteiger partial charge >= 0.3 is 121 Å². The second kappa shape index (κ2) is 7.68. The van der Waals surface area contributed by atoms with Crippen molar-refractivity contribution in [3.05, 3.63) is 0 Å². The summed E-state index contributed by atoms with van der Waals surface area (Å²) < 4.78 is 17.3. The molecule has 110 valence electrons. The number of hydrogen-bond acceptors (Lipinski definition) is 3. The van der Waals surface area contributed by atoms with Crippen LogP contribution in [0.5, 0.6) is 0 Å². The Morgan fingerprint density at radius 3 is 1.56 bits per heavy atom. The number of rotatable bonds is 6. The molecule has 0 saturated carbocycles. The molecule has 0 radical (unpaired) electrons. The van der Waals surface area contributed by atoms with Crippen LogP contribution in [0.1, 0.15) is 40.5 Å². The molecule has 1 heterocycles. The van der Waals surface area contributed by atoms with Gasteiger partial charge in [-0.1, -0.05) is 0 Å². The summed E-state index contributed by atoms with van der Waals surface area (Å²) in [5, 5.41) is 0. The first-order chi connectivity index (χ1) is 8.52. The molecule has 0 aromatic heterocycles. The first-order valence-corrected chi connectivity index (χ1v) is 13.1. The van der Waals surface area contributed by atoms with Crippen LogP contribution in [0.15, 0.2) is 0 Å². The fourth-order valence-corrected chi connectivity index (χ4v) is 11.3. The van der Waals surface area contributed by atoms with Crippen LogP contribution in [0.3, 0.4) is 0 Å². The third kappa shape index (κ3) is 3.54. The minimum atomic E-state index is -2.68. The Labute approximate surface area is 121 Å². The maximum atomic E-state index is 6.75. The molecule has 0 amide bonds. The van der Waals surface area contributed by atoms with E-state index in [1.54, 1.807) is 0 Å². The molecular weight excluding hydrogens is 342 g/mol. The maximum absolute atomic E-state index is 6.75. The van der Waals surface area contributed by atoms with E-state index in [1.807, 2.05) is 13.8 Å². The predicted octanol–water partition coefficient (Wildman–Crippen LogP) is 4.22. The fourth-order valence-electron chi connectivity index (χ4n) is 2.28. The van der Waals surface area contributed by atoms with Crippen LogP contribution >= 0.6 is 20.2 Å². The summed E-state index contributed by atoms with van der Waals surface area (Å²) in [4.78, 5) is 0.234. The average Bonchev–Trinajstić information content (AvgIpc) is 2.29. The monoisotopic (exact) mass is 366 g/mol. The van der Waals surface area contributed by atoms with Crippen LogP contribution in [-0.2, 0) is 14.2 Å². The van der Waals surface area contributed by atoms with Gasteiger partial charge in [0.2, 0.25) is 0 Å². The minimum absolute atomic E-state index is 0.117. The molecule has 1 fully saturated rings. The molecule has 1 aliphatic heterocycles. The molecule has 0 aromatic rings. The summed E-state index contributed by atoms with van der Waals surface area (Å²) >= 11 is -2.68. The van der Waals surface area contributed by atoms with E-state index in [4.69, 9.17) is 34.4 Å². The Morgan fingerprint density at radius 1 is 0.889 bits per heavy atom. The molecule has 0 N–H and O–H groups in total. The molecule has 1 rings (SSSR count). The Morgan fingerprint density at radius 2 is 1.28 bits per heavy atom. The van der Waals surface area contributed by atoms with Crippen LogP contribution < -0.4 is 0 Å². The zero-order valence-corrected chi connectivity index (χ0v) is 14.8. The van der Waals surface area contributed by atoms with Gasteiger partial charge in [-0.2, -0.15) is 0 Å². The summed E-state index contributed by atoms with van der Waals surface area (Å²) in [6, 6.07) is 0. The topological polar surface area (TPSA) is 27.7 Å². The van der Waals surface area contributed by atoms with E-state index in [-0.39, 0.29) is 22.2 Å². The molecule has 1 saturated heterocycles. The van der Waals surface area contributed by atoms with E-state index in [0.29, 0.717) is 13.2 Å². The van der Waals surface area contributed by atoms with E-state index < -0.39 is 11.0 Å². The van der Waals surface area contributed by atoms with E-state index in [2.05, 4.69) is 13.8 Å². The second-order valence-corrected chi connectivity index (χ2v) is 15.2. The van der Waals surface area contributed by atoms with Crippen molar-refractivity contribution in [2.24, 2.45) is 0 Å². The van der Waals surface area contributed by atoms with Crippen molar-refractivity contribution in [2.75, 3.05) is 13.2 Å². The summed E-state index contributed by atoms with van der Waals surface area (Å²) in [6.07, 6.45) is 1.11. The van der Waals surface area contributed by atoms with Crippen LogP contribution in [0, 0.1) is 0 Å². The zero-order valence-electron chi connectivity index (χ0n) is 11.5. The summed E-state index contributed by atoms with van der Waals surface area (Å²) in [6.45, 7) is 9.27. The number of hydrogen-bond donors (Lipinski definition) is 0. The zero-order chi connectivity index (χ0) is 13.8. The van der Waals surface area contributed by atoms with Crippen molar-refractivity contribution in [1.82, 2.24) is 0 Å². The molecule has 3 nitrogen and oxygen atoms in total. The normalized spacial score (nSPS) is 37.4. The van der Waals surface area contributed by atoms with Crippen molar-refractivity contribution in [3.8, 4) is 0 Å². The van der Waals surface area contributed by atoms with E-state index in [9.17, 15) is 0 Å². The van der Waals surface area contributed by atoms with Gasteiger partial charge in [0, 0.05) is 0 Å². The van der Waals surface area contributed by atoms with Gasteiger partial charge in [-0.3, -0.25) is 0 Å². The molecule has 6 heteroatoms. The third-order valence-electron chi connectivity index (χ3n) is 3.15. The van der Waals surface area contributed by atoms with Gasteiger partial charge in [-0.25, -0.2) is 0 Å². The van der Waals surface area contributed by atoms with Crippen molar-refractivity contribution < 1.29 is 14.2 Å². The fraction of sp³-hybridized carbons (Fsp3) is 1.00. The molecular formula is C12H24Cl2O3Se. The van der Waals surface area contributed by atoms with Crippen LogP contribution in [0.25, 0.3) is 0 Å². The quantitative estimate of drug-likeness (QED) is 0.659. The summed E-state index contributed by atoms with van der Waals surface area (Å²) in [5.41, 5.74) is 0. The summed E-state index contributed by atoms with van der Waals surface area (Å²) in [7, 11) is 13.5. The Balaban J connectivity index is 2.93. The van der Waals surface area contributed by atoms with Crippen molar-refractivity contribution in [2.45, 2.75) is 62.7 Å². The SMILES string of the molecule is CCOC1OC(OCC)C(CC)[Se](Cl)(Cl)C1CC. The standard InChI is InChI=1S/C12H24Cl2O3Se/c1-5-9-11(15-7-3)17-12(16-8-4)10(6-2)18(9,13)14/h9-12H,5-8H2,1-4H3. The molecule has 0 spiro atoms. The molecule has 0 aliphatic carbocycles. The van der Waals surface area contributed by atoms with Gasteiger partial charge in [0.25, 0.3) is 0 Å².